The van der Waals surface area contributed by atoms with Crippen molar-refractivity contribution in [2.45, 2.75) is 71.1 Å². The molecule has 30 heavy (non-hydrogen) atoms. The van der Waals surface area contributed by atoms with E-state index >= 15 is 0 Å². The van der Waals surface area contributed by atoms with E-state index in [0.717, 1.165) is 31.1 Å². The fourth-order valence-electron chi connectivity index (χ4n) is 3.95. The lowest BCUT2D eigenvalue weighted by Gasteiger charge is -2.21. The van der Waals surface area contributed by atoms with Crippen LogP contribution in [0.1, 0.15) is 80.6 Å². The number of aryl methyl sites for hydroxylation is 1. The molecule has 2 aromatic rings. The minimum Gasteiger partial charge on any atom is -0.494 e. The Bertz CT molecular complexity index is 743. The standard InChI is InChI=1S/C27H35O3/c1-2-3-4-8-21-29-25-19-15-24(16-20-25)27(28)30-26-17-13-23(14-18-26)12-11-22-9-6-5-7-10-22/h5,13-20,22H,2-4,6-12,21H2,1H3. The molecule has 161 valence electrons. The van der Waals surface area contributed by atoms with Gasteiger partial charge in [-0.15, -0.1) is 0 Å². The number of unbranched alkanes of at least 4 members (excludes halogenated alkanes) is 3. The minimum atomic E-state index is -0.337. The SMILES string of the molecule is CCCCCCOc1ccc(C(=O)Oc2ccc(CCC3CC[CH]CC3)cc2)cc1. The third-order valence-electron chi connectivity index (χ3n) is 5.89. The molecule has 1 aliphatic carbocycles. The average Bonchev–Trinajstić information content (AvgIpc) is 2.79. The number of benzene rings is 2. The van der Waals surface area contributed by atoms with Gasteiger partial charge < -0.3 is 9.47 Å². The molecule has 0 aliphatic heterocycles. The third-order valence-corrected chi connectivity index (χ3v) is 5.89. The van der Waals surface area contributed by atoms with Gasteiger partial charge in [0.25, 0.3) is 0 Å². The first-order valence-corrected chi connectivity index (χ1v) is 11.6. The van der Waals surface area contributed by atoms with Crippen molar-refractivity contribution in [3.8, 4) is 11.5 Å². The van der Waals surface area contributed by atoms with Gasteiger partial charge in [0.2, 0.25) is 0 Å². The molecule has 1 fully saturated rings. The molecule has 0 atom stereocenters. The molecule has 3 heteroatoms. The molecule has 0 unspecified atom stereocenters. The van der Waals surface area contributed by atoms with Gasteiger partial charge in [-0.1, -0.05) is 51.2 Å². The molecule has 0 N–H and O–H groups in total. The van der Waals surface area contributed by atoms with Crippen LogP contribution >= 0.6 is 0 Å². The van der Waals surface area contributed by atoms with Crippen molar-refractivity contribution < 1.29 is 14.3 Å². The maximum Gasteiger partial charge on any atom is 0.343 e. The van der Waals surface area contributed by atoms with E-state index < -0.39 is 0 Å². The first-order valence-electron chi connectivity index (χ1n) is 11.6. The van der Waals surface area contributed by atoms with Crippen LogP contribution in [0.3, 0.4) is 0 Å². The fourth-order valence-corrected chi connectivity index (χ4v) is 3.95. The second-order valence-corrected chi connectivity index (χ2v) is 8.32. The molecule has 1 radical (unpaired) electrons. The van der Waals surface area contributed by atoms with E-state index in [9.17, 15) is 4.79 Å². The highest BCUT2D eigenvalue weighted by Gasteiger charge is 2.13. The van der Waals surface area contributed by atoms with Crippen LogP contribution in [-0.2, 0) is 6.42 Å². The van der Waals surface area contributed by atoms with Crippen LogP contribution in [0.25, 0.3) is 0 Å². The van der Waals surface area contributed by atoms with Crippen LogP contribution in [-0.4, -0.2) is 12.6 Å². The van der Waals surface area contributed by atoms with Crippen LogP contribution < -0.4 is 9.47 Å². The fraction of sp³-hybridized carbons (Fsp3) is 0.481. The number of hydrogen-bond acceptors (Lipinski definition) is 3. The van der Waals surface area contributed by atoms with Crippen molar-refractivity contribution in [1.82, 2.24) is 0 Å². The van der Waals surface area contributed by atoms with Crippen LogP contribution in [0, 0.1) is 12.3 Å². The number of hydrogen-bond donors (Lipinski definition) is 0. The Morgan fingerprint density at radius 2 is 1.60 bits per heavy atom. The van der Waals surface area contributed by atoms with Gasteiger partial charge in [0.1, 0.15) is 11.5 Å². The average molecular weight is 408 g/mol. The monoisotopic (exact) mass is 407 g/mol. The van der Waals surface area contributed by atoms with Crippen molar-refractivity contribution in [3.05, 3.63) is 66.1 Å². The van der Waals surface area contributed by atoms with Gasteiger partial charge >= 0.3 is 5.97 Å². The molecule has 0 saturated heterocycles. The lowest BCUT2D eigenvalue weighted by Crippen LogP contribution is -2.09. The number of rotatable bonds is 11. The van der Waals surface area contributed by atoms with Crippen molar-refractivity contribution in [3.63, 3.8) is 0 Å². The highest BCUT2D eigenvalue weighted by Crippen LogP contribution is 2.27. The number of esters is 1. The first-order chi connectivity index (χ1) is 14.7. The Morgan fingerprint density at radius 3 is 2.30 bits per heavy atom. The van der Waals surface area contributed by atoms with Gasteiger partial charge in [0, 0.05) is 0 Å². The molecule has 0 spiro atoms. The lowest BCUT2D eigenvalue weighted by molar-refractivity contribution is 0.0734. The Labute approximate surface area is 181 Å². The van der Waals surface area contributed by atoms with Gasteiger partial charge in [-0.3, -0.25) is 0 Å². The van der Waals surface area contributed by atoms with Crippen molar-refractivity contribution >= 4 is 5.97 Å². The summed E-state index contributed by atoms with van der Waals surface area (Å²) < 4.78 is 11.3. The Morgan fingerprint density at radius 1 is 0.900 bits per heavy atom. The Hall–Kier alpha value is -2.29. The van der Waals surface area contributed by atoms with Crippen molar-refractivity contribution in [2.24, 2.45) is 5.92 Å². The lowest BCUT2D eigenvalue weighted by atomic mass is 9.85. The first kappa shape index (κ1) is 22.4. The highest BCUT2D eigenvalue weighted by atomic mass is 16.5. The van der Waals surface area contributed by atoms with E-state index in [1.165, 1.54) is 56.9 Å². The second kappa shape index (κ2) is 12.4. The Balaban J connectivity index is 1.42. The molecule has 0 amide bonds. The summed E-state index contributed by atoms with van der Waals surface area (Å²) in [7, 11) is 0. The quantitative estimate of drug-likeness (QED) is 0.225. The molecule has 0 bridgehead atoms. The van der Waals surface area contributed by atoms with E-state index in [0.29, 0.717) is 11.3 Å². The summed E-state index contributed by atoms with van der Waals surface area (Å²) in [4.78, 5) is 12.4. The molecule has 0 aromatic heterocycles. The Kier molecular flexibility index (Phi) is 9.27. The maximum atomic E-state index is 12.4. The molecule has 0 heterocycles. The largest absolute Gasteiger partial charge is 0.494 e. The zero-order chi connectivity index (χ0) is 21.0. The summed E-state index contributed by atoms with van der Waals surface area (Å²) in [6.07, 6.45) is 14.7. The highest BCUT2D eigenvalue weighted by molar-refractivity contribution is 5.91. The minimum absolute atomic E-state index is 0.337. The van der Waals surface area contributed by atoms with E-state index in [-0.39, 0.29) is 5.97 Å². The van der Waals surface area contributed by atoms with E-state index in [4.69, 9.17) is 9.47 Å². The molecule has 3 rings (SSSR count). The zero-order valence-electron chi connectivity index (χ0n) is 18.3. The van der Waals surface area contributed by atoms with Gasteiger partial charge in [-0.25, -0.2) is 4.79 Å². The van der Waals surface area contributed by atoms with Crippen LogP contribution in [0.15, 0.2) is 48.5 Å². The molecule has 1 aliphatic rings. The summed E-state index contributed by atoms with van der Waals surface area (Å²) in [6.45, 7) is 2.92. The van der Waals surface area contributed by atoms with Gasteiger partial charge in [-0.05, 0) is 86.4 Å². The summed E-state index contributed by atoms with van der Waals surface area (Å²) in [6, 6.07) is 15.1. The molecule has 2 aromatic carbocycles. The molecular formula is C27H35O3. The third kappa shape index (κ3) is 7.51. The van der Waals surface area contributed by atoms with Crippen molar-refractivity contribution in [2.75, 3.05) is 6.61 Å². The number of ether oxygens (including phenoxy) is 2. The maximum absolute atomic E-state index is 12.4. The second-order valence-electron chi connectivity index (χ2n) is 8.32. The predicted octanol–water partition coefficient (Wildman–Crippen LogP) is 7.19. The van der Waals surface area contributed by atoms with Crippen LogP contribution in [0.2, 0.25) is 0 Å². The molecular weight excluding hydrogens is 372 g/mol. The number of carbonyl (C=O) groups excluding carboxylic acids is 1. The smallest absolute Gasteiger partial charge is 0.343 e. The van der Waals surface area contributed by atoms with E-state index in [2.05, 4.69) is 25.5 Å². The topological polar surface area (TPSA) is 35.5 Å². The summed E-state index contributed by atoms with van der Waals surface area (Å²) >= 11 is 0. The van der Waals surface area contributed by atoms with E-state index in [1.54, 1.807) is 12.1 Å². The van der Waals surface area contributed by atoms with Gasteiger partial charge in [0.15, 0.2) is 0 Å². The normalized spacial score (nSPS) is 14.4. The zero-order valence-corrected chi connectivity index (χ0v) is 18.3. The predicted molar refractivity (Wildman–Crippen MR) is 122 cm³/mol. The van der Waals surface area contributed by atoms with Gasteiger partial charge in [-0.2, -0.15) is 0 Å². The molecule has 1 saturated carbocycles. The summed E-state index contributed by atoms with van der Waals surface area (Å²) in [5.74, 6) is 1.90. The van der Waals surface area contributed by atoms with E-state index in [1.807, 2.05) is 24.3 Å². The van der Waals surface area contributed by atoms with Crippen molar-refractivity contribution in [1.29, 1.82) is 0 Å². The summed E-state index contributed by atoms with van der Waals surface area (Å²) in [5, 5.41) is 0. The van der Waals surface area contributed by atoms with Crippen LogP contribution in [0.4, 0.5) is 0 Å². The van der Waals surface area contributed by atoms with Crippen LogP contribution in [0.5, 0.6) is 11.5 Å². The number of carbonyl (C=O) groups is 1. The van der Waals surface area contributed by atoms with Gasteiger partial charge in [0.05, 0.1) is 12.2 Å². The summed E-state index contributed by atoms with van der Waals surface area (Å²) in [5.41, 5.74) is 1.84. The molecule has 3 nitrogen and oxygen atoms in total.